The summed E-state index contributed by atoms with van der Waals surface area (Å²) >= 11 is 3.56. The van der Waals surface area contributed by atoms with Gasteiger partial charge in [-0.2, -0.15) is 0 Å². The molecule has 1 atom stereocenters. The minimum atomic E-state index is 0.323. The summed E-state index contributed by atoms with van der Waals surface area (Å²) in [7, 11) is 2.16. The zero-order chi connectivity index (χ0) is 14.1. The molecular weight excluding hydrogens is 314 g/mol. The van der Waals surface area contributed by atoms with E-state index in [-0.39, 0.29) is 0 Å². The molecule has 3 rings (SSSR count). The zero-order valence-corrected chi connectivity index (χ0v) is 13.1. The van der Waals surface area contributed by atoms with Gasteiger partial charge in [-0.15, -0.1) is 0 Å². The highest BCUT2D eigenvalue weighted by atomic mass is 79.9. The van der Waals surface area contributed by atoms with E-state index in [2.05, 4.69) is 52.1 Å². The number of aryl methyl sites for hydroxylation is 1. The minimum Gasteiger partial charge on any atom is -0.508 e. The summed E-state index contributed by atoms with van der Waals surface area (Å²) in [6, 6.07) is 14.6. The summed E-state index contributed by atoms with van der Waals surface area (Å²) in [6.07, 6.45) is 2.33. The van der Waals surface area contributed by atoms with Gasteiger partial charge in [-0.25, -0.2) is 0 Å². The second-order valence-electron chi connectivity index (χ2n) is 5.44. The van der Waals surface area contributed by atoms with Gasteiger partial charge in [-0.05, 0) is 54.8 Å². The van der Waals surface area contributed by atoms with Gasteiger partial charge < -0.3 is 5.11 Å². The molecule has 0 spiro atoms. The molecule has 2 aromatic rings. The smallest absolute Gasteiger partial charge is 0.115 e. The fourth-order valence-corrected chi connectivity index (χ4v) is 3.43. The van der Waals surface area contributed by atoms with Gasteiger partial charge in [0.05, 0.1) is 0 Å². The summed E-state index contributed by atoms with van der Waals surface area (Å²) < 4.78 is 1.05. The Morgan fingerprint density at radius 3 is 2.90 bits per heavy atom. The number of nitrogens with zero attached hydrogens (tertiary/aromatic N) is 1. The van der Waals surface area contributed by atoms with Crippen molar-refractivity contribution in [2.45, 2.75) is 25.4 Å². The third kappa shape index (κ3) is 2.60. The van der Waals surface area contributed by atoms with Gasteiger partial charge in [-0.3, -0.25) is 4.90 Å². The molecule has 0 amide bonds. The Morgan fingerprint density at radius 1 is 1.25 bits per heavy atom. The molecule has 2 nitrogen and oxygen atoms in total. The molecule has 0 bridgehead atoms. The number of rotatable bonds is 3. The molecule has 0 heterocycles. The Bertz CT molecular complexity index is 626. The first-order valence-electron chi connectivity index (χ1n) is 6.90. The number of phenolic OH excluding ortho intramolecular Hbond substituents is 1. The predicted octanol–water partition coefficient (Wildman–Crippen LogP) is 4.27. The molecule has 104 valence electrons. The second-order valence-corrected chi connectivity index (χ2v) is 6.30. The van der Waals surface area contributed by atoms with Crippen LogP contribution in [0.1, 0.15) is 29.2 Å². The van der Waals surface area contributed by atoms with Crippen molar-refractivity contribution in [1.82, 2.24) is 4.90 Å². The number of hydrogen-bond donors (Lipinski definition) is 1. The van der Waals surface area contributed by atoms with Crippen LogP contribution in [-0.4, -0.2) is 17.1 Å². The maximum atomic E-state index is 9.63. The van der Waals surface area contributed by atoms with Crippen LogP contribution >= 0.6 is 15.9 Å². The summed E-state index contributed by atoms with van der Waals surface area (Å²) in [6.45, 7) is 0.827. The first-order valence-corrected chi connectivity index (χ1v) is 7.70. The standard InChI is InChI=1S/C17H18BrNO/c1-19(11-13-10-14(20)7-8-16(13)18)17-9-6-12-4-2-3-5-15(12)17/h2-5,7-8,10,17,20H,6,9,11H2,1H3. The fourth-order valence-electron chi connectivity index (χ4n) is 3.05. The number of fused-ring (bicyclic) bond motifs is 1. The average molecular weight is 332 g/mol. The van der Waals surface area contributed by atoms with Crippen LogP contribution in [0.15, 0.2) is 46.9 Å². The lowest BCUT2D eigenvalue weighted by Gasteiger charge is -2.25. The van der Waals surface area contributed by atoms with Crippen molar-refractivity contribution in [2.75, 3.05) is 7.05 Å². The van der Waals surface area contributed by atoms with Crippen LogP contribution in [0.2, 0.25) is 0 Å². The largest absolute Gasteiger partial charge is 0.508 e. The molecule has 0 radical (unpaired) electrons. The van der Waals surface area contributed by atoms with E-state index in [1.165, 1.54) is 17.5 Å². The van der Waals surface area contributed by atoms with Gasteiger partial charge >= 0.3 is 0 Å². The van der Waals surface area contributed by atoms with Crippen molar-refractivity contribution in [3.8, 4) is 5.75 Å². The molecule has 0 aliphatic heterocycles. The van der Waals surface area contributed by atoms with E-state index in [0.29, 0.717) is 11.8 Å². The fraction of sp³-hybridized carbons (Fsp3) is 0.294. The monoisotopic (exact) mass is 331 g/mol. The molecule has 0 fully saturated rings. The van der Waals surface area contributed by atoms with Crippen molar-refractivity contribution in [3.05, 3.63) is 63.6 Å². The van der Waals surface area contributed by atoms with Crippen LogP contribution < -0.4 is 0 Å². The average Bonchev–Trinajstić information content (AvgIpc) is 2.87. The van der Waals surface area contributed by atoms with Crippen LogP contribution in [0, 0.1) is 0 Å². The summed E-state index contributed by atoms with van der Waals surface area (Å²) in [5.41, 5.74) is 4.04. The quantitative estimate of drug-likeness (QED) is 0.907. The van der Waals surface area contributed by atoms with Crippen molar-refractivity contribution >= 4 is 15.9 Å². The zero-order valence-electron chi connectivity index (χ0n) is 11.5. The first-order chi connectivity index (χ1) is 9.65. The molecule has 3 heteroatoms. The molecule has 1 unspecified atom stereocenters. The molecular formula is C17H18BrNO. The lowest BCUT2D eigenvalue weighted by Crippen LogP contribution is -2.22. The van der Waals surface area contributed by atoms with Crippen LogP contribution in [0.25, 0.3) is 0 Å². The Kier molecular flexibility index (Phi) is 3.81. The van der Waals surface area contributed by atoms with Crippen molar-refractivity contribution in [3.63, 3.8) is 0 Å². The second kappa shape index (κ2) is 5.58. The number of benzene rings is 2. The van der Waals surface area contributed by atoms with Gasteiger partial charge in [0, 0.05) is 17.1 Å². The Balaban J connectivity index is 1.81. The Hall–Kier alpha value is -1.32. The van der Waals surface area contributed by atoms with E-state index in [1.807, 2.05) is 12.1 Å². The Morgan fingerprint density at radius 2 is 2.05 bits per heavy atom. The van der Waals surface area contributed by atoms with E-state index < -0.39 is 0 Å². The van der Waals surface area contributed by atoms with E-state index in [9.17, 15) is 5.11 Å². The molecule has 0 aromatic heterocycles. The van der Waals surface area contributed by atoms with E-state index >= 15 is 0 Å². The molecule has 2 aromatic carbocycles. The third-order valence-corrected chi connectivity index (χ3v) is 4.86. The normalized spacial score (nSPS) is 17.4. The van der Waals surface area contributed by atoms with Gasteiger partial charge in [0.15, 0.2) is 0 Å². The van der Waals surface area contributed by atoms with Gasteiger partial charge in [-0.1, -0.05) is 40.2 Å². The topological polar surface area (TPSA) is 23.5 Å². The van der Waals surface area contributed by atoms with Crippen molar-refractivity contribution in [1.29, 1.82) is 0 Å². The van der Waals surface area contributed by atoms with Gasteiger partial charge in [0.25, 0.3) is 0 Å². The first kappa shape index (κ1) is 13.7. The number of phenols is 1. The Labute approximate surface area is 128 Å². The van der Waals surface area contributed by atoms with E-state index in [1.54, 1.807) is 6.07 Å². The van der Waals surface area contributed by atoms with Gasteiger partial charge in [0.1, 0.15) is 5.75 Å². The van der Waals surface area contributed by atoms with E-state index in [4.69, 9.17) is 0 Å². The minimum absolute atomic E-state index is 0.323. The van der Waals surface area contributed by atoms with Crippen molar-refractivity contribution < 1.29 is 5.11 Å². The van der Waals surface area contributed by atoms with Crippen molar-refractivity contribution in [2.24, 2.45) is 0 Å². The van der Waals surface area contributed by atoms with Crippen LogP contribution in [0.4, 0.5) is 0 Å². The highest BCUT2D eigenvalue weighted by molar-refractivity contribution is 9.10. The molecule has 0 saturated heterocycles. The molecule has 0 saturated carbocycles. The SMILES string of the molecule is CN(Cc1cc(O)ccc1Br)C1CCc2ccccc21. The molecule has 1 aliphatic carbocycles. The maximum Gasteiger partial charge on any atom is 0.115 e. The highest BCUT2D eigenvalue weighted by Crippen LogP contribution is 2.36. The molecule has 1 N–H and O–H groups in total. The maximum absolute atomic E-state index is 9.63. The summed E-state index contributed by atoms with van der Waals surface area (Å²) in [5.74, 6) is 0.323. The summed E-state index contributed by atoms with van der Waals surface area (Å²) in [4.78, 5) is 2.37. The highest BCUT2D eigenvalue weighted by Gasteiger charge is 2.25. The number of hydrogen-bond acceptors (Lipinski definition) is 2. The number of halogens is 1. The van der Waals surface area contributed by atoms with Crippen LogP contribution in [0.3, 0.4) is 0 Å². The molecule has 20 heavy (non-hydrogen) atoms. The van der Waals surface area contributed by atoms with E-state index in [0.717, 1.165) is 23.0 Å². The molecule has 1 aliphatic rings. The predicted molar refractivity (Wildman–Crippen MR) is 84.8 cm³/mol. The lowest BCUT2D eigenvalue weighted by atomic mass is 10.1. The van der Waals surface area contributed by atoms with Crippen LogP contribution in [0.5, 0.6) is 5.75 Å². The van der Waals surface area contributed by atoms with Gasteiger partial charge in [0.2, 0.25) is 0 Å². The lowest BCUT2D eigenvalue weighted by molar-refractivity contribution is 0.235. The third-order valence-electron chi connectivity index (χ3n) is 4.08. The summed E-state index contributed by atoms with van der Waals surface area (Å²) in [5, 5.41) is 9.63. The van der Waals surface area contributed by atoms with Crippen LogP contribution in [-0.2, 0) is 13.0 Å². The number of aromatic hydroxyl groups is 1.